The van der Waals surface area contributed by atoms with E-state index < -0.39 is 0 Å². The van der Waals surface area contributed by atoms with E-state index in [9.17, 15) is 0 Å². The van der Waals surface area contributed by atoms with Crippen molar-refractivity contribution in [2.24, 2.45) is 16.8 Å². The van der Waals surface area contributed by atoms with Crippen LogP contribution in [0.5, 0.6) is 5.88 Å². The number of aromatic nitrogens is 1. The van der Waals surface area contributed by atoms with Crippen LogP contribution in [-0.4, -0.2) is 22.1 Å². The summed E-state index contributed by atoms with van der Waals surface area (Å²) in [7, 11) is 0. The Kier molecular flexibility index (Phi) is 4.47. The van der Waals surface area contributed by atoms with Crippen molar-refractivity contribution < 1.29 is 9.94 Å². The second-order valence-electron chi connectivity index (χ2n) is 4.96. The van der Waals surface area contributed by atoms with Gasteiger partial charge in [-0.05, 0) is 37.7 Å². The fraction of sp³-hybridized carbons (Fsp3) is 0.538. The van der Waals surface area contributed by atoms with Crippen LogP contribution >= 0.6 is 11.6 Å². The van der Waals surface area contributed by atoms with Gasteiger partial charge in [0.25, 0.3) is 0 Å². The molecule has 1 heterocycles. The number of nitrogens with two attached hydrogens (primary N) is 1. The Labute approximate surface area is 117 Å². The quantitative estimate of drug-likeness (QED) is 0.387. The number of hydrogen-bond acceptors (Lipinski definition) is 4. The second kappa shape index (κ2) is 6.10. The van der Waals surface area contributed by atoms with E-state index in [0.29, 0.717) is 11.4 Å². The van der Waals surface area contributed by atoms with Crippen molar-refractivity contribution in [3.05, 3.63) is 22.8 Å². The smallest absolute Gasteiger partial charge is 0.233 e. The lowest BCUT2D eigenvalue weighted by molar-refractivity contribution is 0.130. The predicted octanol–water partition coefficient (Wildman–Crippen LogP) is 2.79. The van der Waals surface area contributed by atoms with Gasteiger partial charge in [-0.15, -0.1) is 0 Å². The molecule has 1 fully saturated rings. The maximum Gasteiger partial charge on any atom is 0.233 e. The average Bonchev–Trinajstić information content (AvgIpc) is 2.43. The first-order chi connectivity index (χ1) is 9.11. The molecule has 0 bridgehead atoms. The summed E-state index contributed by atoms with van der Waals surface area (Å²) >= 11 is 6.17. The Morgan fingerprint density at radius 3 is 2.79 bits per heavy atom. The second-order valence-corrected chi connectivity index (χ2v) is 5.34. The van der Waals surface area contributed by atoms with Crippen molar-refractivity contribution in [3.8, 4) is 5.88 Å². The summed E-state index contributed by atoms with van der Waals surface area (Å²) in [6, 6.07) is 1.59. The number of rotatable bonds is 3. The van der Waals surface area contributed by atoms with Crippen LogP contribution in [0.3, 0.4) is 0 Å². The molecule has 1 aliphatic rings. The molecule has 1 aromatic rings. The lowest BCUT2D eigenvalue weighted by atomic mass is 9.89. The highest BCUT2D eigenvalue weighted by Crippen LogP contribution is 2.31. The standard InChI is InChI=1S/C13H18ClN3O2/c1-8-2-4-9(5-3-8)19-13-11(14)10(6-7-16-13)12(15)17-18/h6-9,18H,2-5H2,1H3,(H2,15,17). The summed E-state index contributed by atoms with van der Waals surface area (Å²) in [6.07, 6.45) is 6.01. The van der Waals surface area contributed by atoms with Crippen molar-refractivity contribution in [3.63, 3.8) is 0 Å². The maximum atomic E-state index is 8.70. The van der Waals surface area contributed by atoms with E-state index in [4.69, 9.17) is 27.3 Å². The summed E-state index contributed by atoms with van der Waals surface area (Å²) in [6.45, 7) is 2.25. The number of ether oxygens (including phenoxy) is 1. The molecule has 3 N–H and O–H groups in total. The fourth-order valence-electron chi connectivity index (χ4n) is 2.26. The van der Waals surface area contributed by atoms with Crippen LogP contribution in [0.4, 0.5) is 0 Å². The van der Waals surface area contributed by atoms with Crippen LogP contribution in [0.15, 0.2) is 17.4 Å². The van der Waals surface area contributed by atoms with Crippen LogP contribution in [0.1, 0.15) is 38.2 Å². The van der Waals surface area contributed by atoms with Gasteiger partial charge in [0.15, 0.2) is 5.84 Å². The Hall–Kier alpha value is -1.49. The van der Waals surface area contributed by atoms with E-state index in [1.807, 2.05) is 0 Å². The van der Waals surface area contributed by atoms with E-state index in [2.05, 4.69) is 17.1 Å². The lowest BCUT2D eigenvalue weighted by Gasteiger charge is -2.26. The summed E-state index contributed by atoms with van der Waals surface area (Å²) in [4.78, 5) is 4.12. The van der Waals surface area contributed by atoms with Gasteiger partial charge in [-0.1, -0.05) is 23.7 Å². The Morgan fingerprint density at radius 1 is 1.47 bits per heavy atom. The van der Waals surface area contributed by atoms with Gasteiger partial charge in [0.2, 0.25) is 5.88 Å². The Bertz CT molecular complexity index is 471. The van der Waals surface area contributed by atoms with Gasteiger partial charge >= 0.3 is 0 Å². The van der Waals surface area contributed by atoms with Crippen molar-refractivity contribution >= 4 is 17.4 Å². The van der Waals surface area contributed by atoms with Gasteiger partial charge < -0.3 is 15.7 Å². The van der Waals surface area contributed by atoms with Crippen LogP contribution in [-0.2, 0) is 0 Å². The molecule has 0 aliphatic heterocycles. The average molecular weight is 284 g/mol. The monoisotopic (exact) mass is 283 g/mol. The topological polar surface area (TPSA) is 80.7 Å². The summed E-state index contributed by atoms with van der Waals surface area (Å²) in [5.41, 5.74) is 5.98. The molecule has 5 nitrogen and oxygen atoms in total. The van der Waals surface area contributed by atoms with Gasteiger partial charge in [-0.3, -0.25) is 0 Å². The minimum Gasteiger partial charge on any atom is -0.473 e. The molecule has 19 heavy (non-hydrogen) atoms. The minimum atomic E-state index is -0.0467. The molecule has 1 aliphatic carbocycles. The summed E-state index contributed by atoms with van der Waals surface area (Å²) in [5, 5.41) is 11.9. The molecule has 1 aromatic heterocycles. The van der Waals surface area contributed by atoms with Crippen LogP contribution in [0.2, 0.25) is 5.02 Å². The first kappa shape index (κ1) is 13.9. The van der Waals surface area contributed by atoms with Crippen molar-refractivity contribution in [2.75, 3.05) is 0 Å². The third kappa shape index (κ3) is 3.29. The highest BCUT2D eigenvalue weighted by molar-refractivity contribution is 6.35. The number of pyridine rings is 1. The largest absolute Gasteiger partial charge is 0.473 e. The zero-order chi connectivity index (χ0) is 13.8. The van der Waals surface area contributed by atoms with Gasteiger partial charge in [-0.2, -0.15) is 0 Å². The van der Waals surface area contributed by atoms with E-state index in [0.717, 1.165) is 31.6 Å². The molecule has 0 atom stereocenters. The molecule has 1 saturated carbocycles. The molecule has 0 radical (unpaired) electrons. The zero-order valence-corrected chi connectivity index (χ0v) is 11.6. The van der Waals surface area contributed by atoms with Gasteiger partial charge in [0, 0.05) is 11.8 Å². The molecule has 0 unspecified atom stereocenters. The van der Waals surface area contributed by atoms with Gasteiger partial charge in [0.05, 0.1) is 0 Å². The molecule has 2 rings (SSSR count). The molecular formula is C13H18ClN3O2. The van der Waals surface area contributed by atoms with Gasteiger partial charge in [0.1, 0.15) is 11.1 Å². The van der Waals surface area contributed by atoms with E-state index in [1.54, 1.807) is 12.3 Å². The van der Waals surface area contributed by atoms with E-state index >= 15 is 0 Å². The number of hydrogen-bond donors (Lipinski definition) is 2. The predicted molar refractivity (Wildman–Crippen MR) is 73.8 cm³/mol. The molecule has 0 spiro atoms. The van der Waals surface area contributed by atoms with E-state index in [1.165, 1.54) is 0 Å². The minimum absolute atomic E-state index is 0.0467. The Morgan fingerprint density at radius 2 is 2.16 bits per heavy atom. The molecule has 0 aromatic carbocycles. The highest BCUT2D eigenvalue weighted by atomic mass is 35.5. The third-order valence-electron chi connectivity index (χ3n) is 3.48. The first-order valence-corrected chi connectivity index (χ1v) is 6.78. The molecule has 6 heteroatoms. The van der Waals surface area contributed by atoms with Crippen molar-refractivity contribution in [1.29, 1.82) is 0 Å². The van der Waals surface area contributed by atoms with Crippen molar-refractivity contribution in [1.82, 2.24) is 4.98 Å². The Balaban J connectivity index is 2.13. The highest BCUT2D eigenvalue weighted by Gasteiger charge is 2.22. The van der Waals surface area contributed by atoms with Crippen molar-refractivity contribution in [2.45, 2.75) is 38.7 Å². The first-order valence-electron chi connectivity index (χ1n) is 6.41. The maximum absolute atomic E-state index is 8.70. The third-order valence-corrected chi connectivity index (χ3v) is 3.85. The number of nitrogens with zero attached hydrogens (tertiary/aromatic N) is 2. The van der Waals surface area contributed by atoms with Crippen LogP contribution in [0, 0.1) is 5.92 Å². The summed E-state index contributed by atoms with van der Waals surface area (Å²) in [5.74, 6) is 1.06. The van der Waals surface area contributed by atoms with Crippen LogP contribution in [0.25, 0.3) is 0 Å². The SMILES string of the molecule is CC1CCC(Oc2nccc(/C(N)=N/O)c2Cl)CC1. The molecule has 0 amide bonds. The van der Waals surface area contributed by atoms with E-state index in [-0.39, 0.29) is 17.0 Å². The zero-order valence-electron chi connectivity index (χ0n) is 10.8. The molecular weight excluding hydrogens is 266 g/mol. The van der Waals surface area contributed by atoms with Crippen LogP contribution < -0.4 is 10.5 Å². The van der Waals surface area contributed by atoms with Gasteiger partial charge in [-0.25, -0.2) is 4.98 Å². The number of amidine groups is 1. The lowest BCUT2D eigenvalue weighted by Crippen LogP contribution is -2.24. The fourth-order valence-corrected chi connectivity index (χ4v) is 2.52. The number of oxime groups is 1. The molecule has 0 saturated heterocycles. The number of halogens is 1. The normalized spacial score (nSPS) is 24.2. The molecule has 104 valence electrons. The summed E-state index contributed by atoms with van der Waals surface area (Å²) < 4.78 is 5.83.